The van der Waals surface area contributed by atoms with E-state index in [1.165, 1.54) is 12.8 Å². The van der Waals surface area contributed by atoms with Crippen LogP contribution in [0.25, 0.3) is 11.2 Å². The lowest BCUT2D eigenvalue weighted by molar-refractivity contribution is 0.502. The summed E-state index contributed by atoms with van der Waals surface area (Å²) in [6, 6.07) is 9.58. The highest BCUT2D eigenvalue weighted by atomic mass is 32.2. The van der Waals surface area contributed by atoms with Crippen LogP contribution in [0.1, 0.15) is 48.7 Å². The van der Waals surface area contributed by atoms with Crippen LogP contribution in [0, 0.1) is 13.8 Å². The Bertz CT molecular complexity index is 1080. The van der Waals surface area contributed by atoms with Crippen LogP contribution in [0.5, 0.6) is 0 Å². The molecule has 0 amide bonds. The molecule has 1 saturated carbocycles. The number of hydrogen-bond donors (Lipinski definition) is 1. The number of nitrogens with one attached hydrogen (secondary N) is 1. The standard InChI is InChI=1S/C20H24N4O2S/c1-14-9-10-15(2)18(12-14)27(25,26)22-13-19-23-17-8-5-11-21-20(17)24(19)16-6-3-4-7-16/h5,8-12,16,22H,3-4,6-7,13H2,1-2H3. The normalized spacial score (nSPS) is 15.6. The topological polar surface area (TPSA) is 76.9 Å². The number of fused-ring (bicyclic) bond motifs is 1. The minimum Gasteiger partial charge on any atom is -0.308 e. The van der Waals surface area contributed by atoms with Gasteiger partial charge in [-0.05, 0) is 56.0 Å². The largest absolute Gasteiger partial charge is 0.308 e. The molecule has 0 spiro atoms. The fourth-order valence-electron chi connectivity index (χ4n) is 3.88. The molecule has 0 unspecified atom stereocenters. The molecule has 0 bridgehead atoms. The zero-order valence-corrected chi connectivity index (χ0v) is 16.5. The molecule has 1 fully saturated rings. The molecule has 2 aromatic heterocycles. The van der Waals surface area contributed by atoms with E-state index in [9.17, 15) is 8.42 Å². The van der Waals surface area contributed by atoms with Gasteiger partial charge in [-0.15, -0.1) is 0 Å². The van der Waals surface area contributed by atoms with Gasteiger partial charge in [0, 0.05) is 12.2 Å². The molecule has 1 aliphatic rings. The van der Waals surface area contributed by atoms with E-state index in [1.54, 1.807) is 12.3 Å². The van der Waals surface area contributed by atoms with Gasteiger partial charge in [-0.2, -0.15) is 0 Å². The van der Waals surface area contributed by atoms with Crippen molar-refractivity contribution >= 4 is 21.2 Å². The van der Waals surface area contributed by atoms with Gasteiger partial charge >= 0.3 is 0 Å². The SMILES string of the molecule is Cc1ccc(C)c(S(=O)(=O)NCc2nc3cccnc3n2C2CCCC2)c1. The number of imidazole rings is 1. The molecule has 0 saturated heterocycles. The van der Waals surface area contributed by atoms with Crippen molar-refractivity contribution in [3.63, 3.8) is 0 Å². The number of aryl methyl sites for hydroxylation is 2. The number of aromatic nitrogens is 3. The van der Waals surface area contributed by atoms with Crippen LogP contribution in [-0.4, -0.2) is 23.0 Å². The summed E-state index contributed by atoms with van der Waals surface area (Å²) >= 11 is 0. The first-order chi connectivity index (χ1) is 13.0. The monoisotopic (exact) mass is 384 g/mol. The van der Waals surface area contributed by atoms with Crippen LogP contribution < -0.4 is 4.72 Å². The maximum Gasteiger partial charge on any atom is 0.241 e. The van der Waals surface area contributed by atoms with Crippen molar-refractivity contribution in [1.29, 1.82) is 0 Å². The summed E-state index contributed by atoms with van der Waals surface area (Å²) in [5.74, 6) is 0.726. The maximum atomic E-state index is 12.9. The van der Waals surface area contributed by atoms with Gasteiger partial charge in [-0.25, -0.2) is 23.1 Å². The number of rotatable bonds is 5. The summed E-state index contributed by atoms with van der Waals surface area (Å²) in [6.45, 7) is 3.86. The van der Waals surface area contributed by atoms with Gasteiger partial charge in [0.15, 0.2) is 5.65 Å². The molecular formula is C20H24N4O2S. The molecule has 142 valence electrons. The number of benzene rings is 1. The Balaban J connectivity index is 1.67. The van der Waals surface area contributed by atoms with Crippen LogP contribution in [0.4, 0.5) is 0 Å². The van der Waals surface area contributed by atoms with Crippen LogP contribution >= 0.6 is 0 Å². The third-order valence-corrected chi connectivity index (χ3v) is 6.81. The lowest BCUT2D eigenvalue weighted by Gasteiger charge is -2.16. The number of sulfonamides is 1. The first-order valence-corrected chi connectivity index (χ1v) is 10.8. The summed E-state index contributed by atoms with van der Waals surface area (Å²) in [6.07, 6.45) is 6.30. The molecule has 1 N–H and O–H groups in total. The Morgan fingerprint density at radius 2 is 1.96 bits per heavy atom. The van der Waals surface area contributed by atoms with Crippen molar-refractivity contribution in [2.45, 2.75) is 57.0 Å². The second kappa shape index (κ2) is 7.05. The van der Waals surface area contributed by atoms with Gasteiger partial charge < -0.3 is 4.57 Å². The highest BCUT2D eigenvalue weighted by molar-refractivity contribution is 7.89. The molecule has 7 heteroatoms. The first-order valence-electron chi connectivity index (χ1n) is 9.34. The Hall–Kier alpha value is -2.25. The molecule has 2 heterocycles. The van der Waals surface area contributed by atoms with Crippen molar-refractivity contribution in [3.05, 3.63) is 53.5 Å². The lowest BCUT2D eigenvalue weighted by Crippen LogP contribution is -2.26. The van der Waals surface area contributed by atoms with Crippen LogP contribution in [0.3, 0.4) is 0 Å². The second-order valence-corrected chi connectivity index (χ2v) is 9.01. The zero-order chi connectivity index (χ0) is 19.0. The summed E-state index contributed by atoms with van der Waals surface area (Å²) in [7, 11) is -3.61. The van der Waals surface area contributed by atoms with Crippen molar-refractivity contribution in [2.75, 3.05) is 0 Å². The minimum atomic E-state index is -3.61. The van der Waals surface area contributed by atoms with E-state index >= 15 is 0 Å². The zero-order valence-electron chi connectivity index (χ0n) is 15.6. The van der Waals surface area contributed by atoms with Crippen LogP contribution in [0.2, 0.25) is 0 Å². The molecule has 0 aliphatic heterocycles. The number of pyridine rings is 1. The molecular weight excluding hydrogens is 360 g/mol. The summed E-state index contributed by atoms with van der Waals surface area (Å²) in [5.41, 5.74) is 3.30. The Morgan fingerprint density at radius 3 is 2.74 bits per heavy atom. The minimum absolute atomic E-state index is 0.155. The Morgan fingerprint density at radius 1 is 1.19 bits per heavy atom. The van der Waals surface area contributed by atoms with Gasteiger partial charge in [-0.1, -0.05) is 25.0 Å². The quantitative estimate of drug-likeness (QED) is 0.728. The van der Waals surface area contributed by atoms with Gasteiger partial charge in [0.25, 0.3) is 0 Å². The van der Waals surface area contributed by atoms with E-state index in [2.05, 4.69) is 19.3 Å². The second-order valence-electron chi connectivity index (χ2n) is 7.28. The lowest BCUT2D eigenvalue weighted by atomic mass is 10.2. The molecule has 27 heavy (non-hydrogen) atoms. The predicted molar refractivity (Wildman–Crippen MR) is 105 cm³/mol. The molecule has 6 nitrogen and oxygen atoms in total. The van der Waals surface area contributed by atoms with Crippen molar-refractivity contribution in [2.24, 2.45) is 0 Å². The molecule has 4 rings (SSSR count). The van der Waals surface area contributed by atoms with E-state index in [1.807, 2.05) is 38.1 Å². The van der Waals surface area contributed by atoms with E-state index in [4.69, 9.17) is 0 Å². The van der Waals surface area contributed by atoms with Gasteiger partial charge in [0.1, 0.15) is 11.3 Å². The maximum absolute atomic E-state index is 12.9. The van der Waals surface area contributed by atoms with E-state index in [0.717, 1.165) is 41.0 Å². The van der Waals surface area contributed by atoms with E-state index < -0.39 is 10.0 Å². The predicted octanol–water partition coefficient (Wildman–Crippen LogP) is 3.64. The Labute approximate surface area is 159 Å². The fourth-order valence-corrected chi connectivity index (χ4v) is 5.19. The summed E-state index contributed by atoms with van der Waals surface area (Å²) in [4.78, 5) is 9.49. The Kier molecular flexibility index (Phi) is 4.74. The highest BCUT2D eigenvalue weighted by Crippen LogP contribution is 2.33. The molecule has 1 aliphatic carbocycles. The smallest absolute Gasteiger partial charge is 0.241 e. The highest BCUT2D eigenvalue weighted by Gasteiger charge is 2.24. The first kappa shape index (κ1) is 18.1. The van der Waals surface area contributed by atoms with Gasteiger partial charge in [0.05, 0.1) is 11.4 Å². The van der Waals surface area contributed by atoms with E-state index in [-0.39, 0.29) is 6.54 Å². The van der Waals surface area contributed by atoms with Crippen molar-refractivity contribution in [1.82, 2.24) is 19.3 Å². The number of hydrogen-bond acceptors (Lipinski definition) is 4. The third kappa shape index (κ3) is 3.49. The summed E-state index contributed by atoms with van der Waals surface area (Å²) < 4.78 is 30.6. The van der Waals surface area contributed by atoms with Crippen LogP contribution in [0.15, 0.2) is 41.4 Å². The third-order valence-electron chi connectivity index (χ3n) is 5.27. The van der Waals surface area contributed by atoms with Crippen molar-refractivity contribution < 1.29 is 8.42 Å². The average molecular weight is 385 g/mol. The van der Waals surface area contributed by atoms with Gasteiger partial charge in [0.2, 0.25) is 10.0 Å². The van der Waals surface area contributed by atoms with Crippen LogP contribution in [-0.2, 0) is 16.6 Å². The van der Waals surface area contributed by atoms with Gasteiger partial charge in [-0.3, -0.25) is 0 Å². The summed E-state index contributed by atoms with van der Waals surface area (Å²) in [5, 5.41) is 0. The van der Waals surface area contributed by atoms with E-state index in [0.29, 0.717) is 10.9 Å². The molecule has 3 aromatic rings. The molecule has 0 atom stereocenters. The average Bonchev–Trinajstić information content (AvgIpc) is 3.28. The molecule has 0 radical (unpaired) electrons. The molecule has 1 aromatic carbocycles. The van der Waals surface area contributed by atoms with Crippen molar-refractivity contribution in [3.8, 4) is 0 Å². The number of nitrogens with zero attached hydrogens (tertiary/aromatic N) is 3. The fraction of sp³-hybridized carbons (Fsp3) is 0.400.